The Hall–Kier alpha value is -9.26. The van der Waals surface area contributed by atoms with Gasteiger partial charge in [0.1, 0.15) is 0 Å². The zero-order valence-corrected chi connectivity index (χ0v) is 37.7. The molecule has 0 saturated carbocycles. The number of para-hydroxylation sites is 4. The average Bonchev–Trinajstić information content (AvgIpc) is 3.93. The van der Waals surface area contributed by atoms with Crippen molar-refractivity contribution in [3.05, 3.63) is 242 Å². The number of hydrogen-bond donors (Lipinski definition) is 0. The molecule has 0 amide bonds. The summed E-state index contributed by atoms with van der Waals surface area (Å²) in [5.74, 6) is 1.79. The topological polar surface area (TPSA) is 61.4 Å². The molecule has 0 fully saturated rings. The molecule has 0 aliphatic heterocycles. The summed E-state index contributed by atoms with van der Waals surface area (Å²) in [6, 6.07) is 83.6. The molecule has 13 aromatic rings. The molecule has 0 bridgehead atoms. The standard InChI is InChI=1S/C63H42N6/c1-41-19-18-30-54(64-41)50-35-36-51(63-66-61(42-20-6-2-7-21-42)65-62(67-63)43-22-8-3-9-23-43)60(45-34-38-58-53(40-45)49-29-15-17-32-56(49)69(58)47-26-12-5-13-27-47)59(50)44-33-37-57-52(39-44)48-28-14-16-31-55(48)68(57)46-24-10-4-11-25-46/h2-40H,1H3. The Kier molecular flexibility index (Phi) is 9.61. The summed E-state index contributed by atoms with van der Waals surface area (Å²) in [6.07, 6.45) is 0. The van der Waals surface area contributed by atoms with E-state index in [4.69, 9.17) is 19.9 Å². The van der Waals surface area contributed by atoms with Crippen molar-refractivity contribution < 1.29 is 0 Å². The van der Waals surface area contributed by atoms with Gasteiger partial charge in [0, 0.05) is 66.4 Å². The predicted molar refractivity (Wildman–Crippen MR) is 284 cm³/mol. The van der Waals surface area contributed by atoms with Crippen LogP contribution in [0.5, 0.6) is 0 Å². The monoisotopic (exact) mass is 882 g/mol. The van der Waals surface area contributed by atoms with Crippen LogP contribution in [0.25, 0.3) is 123 Å². The molecule has 0 saturated heterocycles. The van der Waals surface area contributed by atoms with Gasteiger partial charge in [0.15, 0.2) is 17.5 Å². The highest BCUT2D eigenvalue weighted by Gasteiger charge is 2.25. The summed E-state index contributed by atoms with van der Waals surface area (Å²) >= 11 is 0. The van der Waals surface area contributed by atoms with Crippen molar-refractivity contribution in [2.24, 2.45) is 0 Å². The Morgan fingerprint density at radius 3 is 1.22 bits per heavy atom. The molecule has 13 rings (SSSR count). The first-order chi connectivity index (χ1) is 34.1. The van der Waals surface area contributed by atoms with Crippen LogP contribution in [0.15, 0.2) is 237 Å². The molecule has 4 heterocycles. The number of nitrogens with zero attached hydrogens (tertiary/aromatic N) is 6. The maximum Gasteiger partial charge on any atom is 0.164 e. The van der Waals surface area contributed by atoms with E-state index in [1.165, 1.54) is 10.8 Å². The summed E-state index contributed by atoms with van der Waals surface area (Å²) < 4.78 is 4.73. The molecule has 0 radical (unpaired) electrons. The SMILES string of the molecule is Cc1cccc(-c2ccc(-c3nc(-c4ccccc4)nc(-c4ccccc4)n3)c(-c3ccc4c(c3)c3ccccc3n4-c3ccccc3)c2-c2ccc3c(c2)c2ccccc2n3-c2ccccc2)n1. The molecule has 324 valence electrons. The molecule has 0 N–H and O–H groups in total. The Bertz CT molecular complexity index is 4010. The van der Waals surface area contributed by atoms with Crippen LogP contribution in [0.4, 0.5) is 0 Å². The van der Waals surface area contributed by atoms with Gasteiger partial charge in [-0.15, -0.1) is 0 Å². The van der Waals surface area contributed by atoms with Crippen molar-refractivity contribution in [3.63, 3.8) is 0 Å². The van der Waals surface area contributed by atoms with Gasteiger partial charge in [-0.3, -0.25) is 4.98 Å². The van der Waals surface area contributed by atoms with Crippen LogP contribution in [0, 0.1) is 6.92 Å². The smallest absolute Gasteiger partial charge is 0.164 e. The van der Waals surface area contributed by atoms with Gasteiger partial charge in [-0.25, -0.2) is 15.0 Å². The molecule has 69 heavy (non-hydrogen) atoms. The fraction of sp³-hybridized carbons (Fsp3) is 0.0159. The van der Waals surface area contributed by atoms with Crippen LogP contribution in [0.1, 0.15) is 5.69 Å². The van der Waals surface area contributed by atoms with Crippen molar-refractivity contribution in [1.29, 1.82) is 0 Å². The minimum atomic E-state index is 0.580. The molecule has 0 spiro atoms. The molecular formula is C63H42N6. The van der Waals surface area contributed by atoms with Crippen molar-refractivity contribution in [2.75, 3.05) is 0 Å². The molecule has 9 aromatic carbocycles. The lowest BCUT2D eigenvalue weighted by atomic mass is 9.84. The lowest BCUT2D eigenvalue weighted by Crippen LogP contribution is -2.03. The van der Waals surface area contributed by atoms with Gasteiger partial charge >= 0.3 is 0 Å². The molecule has 6 heteroatoms. The van der Waals surface area contributed by atoms with Gasteiger partial charge in [0.25, 0.3) is 0 Å². The molecule has 0 aliphatic rings. The van der Waals surface area contributed by atoms with E-state index in [1.54, 1.807) is 0 Å². The average molecular weight is 883 g/mol. The quantitative estimate of drug-likeness (QED) is 0.153. The lowest BCUT2D eigenvalue weighted by Gasteiger charge is -2.21. The summed E-state index contributed by atoms with van der Waals surface area (Å²) in [4.78, 5) is 21.1. The molecule has 6 nitrogen and oxygen atoms in total. The first-order valence-corrected chi connectivity index (χ1v) is 23.3. The van der Waals surface area contributed by atoms with Gasteiger partial charge in [0.2, 0.25) is 0 Å². The third-order valence-corrected chi connectivity index (χ3v) is 13.3. The van der Waals surface area contributed by atoms with Crippen molar-refractivity contribution >= 4 is 43.6 Å². The Labute approximate surface area is 399 Å². The van der Waals surface area contributed by atoms with Crippen molar-refractivity contribution in [2.45, 2.75) is 6.92 Å². The van der Waals surface area contributed by atoms with E-state index < -0.39 is 0 Å². The minimum Gasteiger partial charge on any atom is -0.309 e. The number of aryl methyl sites for hydroxylation is 1. The summed E-state index contributed by atoms with van der Waals surface area (Å²) in [5.41, 5.74) is 16.5. The number of fused-ring (bicyclic) bond motifs is 6. The highest BCUT2D eigenvalue weighted by Crippen LogP contribution is 2.48. The molecule has 0 aliphatic carbocycles. The Morgan fingerprint density at radius 1 is 0.290 bits per heavy atom. The van der Waals surface area contributed by atoms with Crippen LogP contribution >= 0.6 is 0 Å². The summed E-state index contributed by atoms with van der Waals surface area (Å²) in [7, 11) is 0. The minimum absolute atomic E-state index is 0.580. The predicted octanol–water partition coefficient (Wildman–Crippen LogP) is 15.8. The van der Waals surface area contributed by atoms with Crippen LogP contribution in [-0.4, -0.2) is 29.1 Å². The van der Waals surface area contributed by atoms with E-state index in [-0.39, 0.29) is 0 Å². The van der Waals surface area contributed by atoms with Crippen LogP contribution in [0.2, 0.25) is 0 Å². The molecule has 0 atom stereocenters. The van der Waals surface area contributed by atoms with E-state index in [0.29, 0.717) is 17.5 Å². The maximum atomic E-state index is 5.38. The lowest BCUT2D eigenvalue weighted by molar-refractivity contribution is 1.07. The zero-order valence-electron chi connectivity index (χ0n) is 37.7. The van der Waals surface area contributed by atoms with Gasteiger partial charge in [0.05, 0.1) is 27.8 Å². The highest BCUT2D eigenvalue weighted by atomic mass is 15.0. The van der Waals surface area contributed by atoms with Crippen molar-refractivity contribution in [3.8, 4) is 79.0 Å². The fourth-order valence-electron chi connectivity index (χ4n) is 10.2. The second-order valence-electron chi connectivity index (χ2n) is 17.5. The number of aromatic nitrogens is 6. The second kappa shape index (κ2) is 16.6. The molecule has 4 aromatic heterocycles. The largest absolute Gasteiger partial charge is 0.309 e. The van der Waals surface area contributed by atoms with Crippen LogP contribution in [-0.2, 0) is 0 Å². The number of hydrogen-bond acceptors (Lipinski definition) is 4. The summed E-state index contributed by atoms with van der Waals surface area (Å²) in [5, 5.41) is 4.66. The van der Waals surface area contributed by atoms with Gasteiger partial charge in [-0.05, 0) is 102 Å². The zero-order chi connectivity index (χ0) is 45.8. The van der Waals surface area contributed by atoms with E-state index >= 15 is 0 Å². The van der Waals surface area contributed by atoms with Crippen LogP contribution in [0.3, 0.4) is 0 Å². The van der Waals surface area contributed by atoms with E-state index in [2.05, 4.69) is 216 Å². The summed E-state index contributed by atoms with van der Waals surface area (Å²) in [6.45, 7) is 2.06. The third-order valence-electron chi connectivity index (χ3n) is 13.3. The van der Waals surface area contributed by atoms with E-state index in [9.17, 15) is 0 Å². The normalized spacial score (nSPS) is 11.6. The van der Waals surface area contributed by atoms with Crippen LogP contribution < -0.4 is 0 Å². The Balaban J connectivity index is 1.16. The second-order valence-corrected chi connectivity index (χ2v) is 17.5. The number of pyridine rings is 1. The Morgan fingerprint density at radius 2 is 0.710 bits per heavy atom. The number of rotatable bonds is 8. The molecule has 0 unspecified atom stereocenters. The van der Waals surface area contributed by atoms with E-state index in [1.807, 2.05) is 36.4 Å². The van der Waals surface area contributed by atoms with Gasteiger partial charge < -0.3 is 9.13 Å². The molecular weight excluding hydrogens is 841 g/mol. The highest BCUT2D eigenvalue weighted by molar-refractivity contribution is 6.14. The fourth-order valence-corrected chi connectivity index (χ4v) is 10.2. The number of benzene rings is 9. The van der Waals surface area contributed by atoms with Gasteiger partial charge in [-0.1, -0.05) is 158 Å². The van der Waals surface area contributed by atoms with Gasteiger partial charge in [-0.2, -0.15) is 0 Å². The third kappa shape index (κ3) is 6.88. The maximum absolute atomic E-state index is 5.38. The first-order valence-electron chi connectivity index (χ1n) is 23.3. The van der Waals surface area contributed by atoms with Crippen molar-refractivity contribution in [1.82, 2.24) is 29.1 Å². The first kappa shape index (κ1) is 40.1. The van der Waals surface area contributed by atoms with E-state index in [0.717, 1.165) is 100 Å².